The quantitative estimate of drug-likeness (QED) is 0.647. The summed E-state index contributed by atoms with van der Waals surface area (Å²) in [5.74, 6) is 0. The van der Waals surface area contributed by atoms with Crippen molar-refractivity contribution < 1.29 is 0 Å². The molecule has 0 N–H and O–H groups in total. The maximum Gasteiger partial charge on any atom is 0.244 e. The largest absolute Gasteiger partial charge is 0.255 e. The molecule has 0 fully saturated rings. The van der Waals surface area contributed by atoms with E-state index in [1.807, 2.05) is 38.6 Å². The van der Waals surface area contributed by atoms with Crippen LogP contribution in [0, 0.1) is 6.92 Å². The fraction of sp³-hybridized carbons (Fsp3) is 0.200. The van der Waals surface area contributed by atoms with Crippen LogP contribution in [0.5, 0.6) is 0 Å². The Bertz CT molecular complexity index is 291. The van der Waals surface area contributed by atoms with Gasteiger partial charge in [-0.15, -0.1) is 0 Å². The van der Waals surface area contributed by atoms with E-state index in [2.05, 4.69) is 31.1 Å². The second-order valence-corrected chi connectivity index (χ2v) is 3.20. The van der Waals surface area contributed by atoms with Crippen LogP contribution >= 0.6 is 45.7 Å². The molecule has 0 saturated heterocycles. The molecular formula is C5H5I2N3. The Hall–Kier alpha value is 0.340. The van der Waals surface area contributed by atoms with Gasteiger partial charge in [-0.05, 0) is 13.0 Å². The van der Waals surface area contributed by atoms with Gasteiger partial charge in [0.25, 0.3) is 0 Å². The summed E-state index contributed by atoms with van der Waals surface area (Å²) in [6.07, 6.45) is 1.75. The van der Waals surface area contributed by atoms with Gasteiger partial charge in [0.1, 0.15) is 0 Å². The number of rotatable bonds is 0. The molecule has 1 rings (SSSR count). The Morgan fingerprint density at radius 3 is 2.90 bits per heavy atom. The van der Waals surface area contributed by atoms with Gasteiger partial charge in [-0.1, -0.05) is 0 Å². The highest BCUT2D eigenvalue weighted by Crippen LogP contribution is 1.95. The Balaban J connectivity index is 3.43. The van der Waals surface area contributed by atoms with Gasteiger partial charge in [-0.25, -0.2) is 4.98 Å². The minimum absolute atomic E-state index is 0.737. The van der Waals surface area contributed by atoms with E-state index < -0.39 is 0 Å². The van der Waals surface area contributed by atoms with Crippen molar-refractivity contribution >= 4 is 45.7 Å². The predicted octanol–water partition coefficient (Wildman–Crippen LogP) is 1.64. The van der Waals surface area contributed by atoms with Crippen LogP contribution in [0.25, 0.3) is 0 Å². The van der Waals surface area contributed by atoms with Gasteiger partial charge in [-0.2, -0.15) is 3.21 Å². The Labute approximate surface area is 86.6 Å². The summed E-state index contributed by atoms with van der Waals surface area (Å²) in [6, 6.07) is 1.94. The lowest BCUT2D eigenvalue weighted by molar-refractivity contribution is 0.977. The SMILES string of the molecule is Cc1ccn/c(=N/I)n1I. The van der Waals surface area contributed by atoms with Crippen molar-refractivity contribution in [3.8, 4) is 0 Å². The first kappa shape index (κ1) is 8.44. The van der Waals surface area contributed by atoms with E-state index in [0.29, 0.717) is 0 Å². The van der Waals surface area contributed by atoms with Gasteiger partial charge in [-0.3, -0.25) is 2.78 Å². The molecular weight excluding hydrogens is 356 g/mol. The molecule has 3 nitrogen and oxygen atoms in total. The van der Waals surface area contributed by atoms with Crippen LogP contribution in [0.15, 0.2) is 15.5 Å². The van der Waals surface area contributed by atoms with Crippen molar-refractivity contribution in [2.45, 2.75) is 6.92 Å². The first-order valence-electron chi connectivity index (χ1n) is 2.61. The average Bonchev–Trinajstić information content (AvgIpc) is 1.95. The number of aromatic nitrogens is 2. The molecule has 0 bridgehead atoms. The summed E-state index contributed by atoms with van der Waals surface area (Å²) >= 11 is 4.09. The number of halogens is 2. The van der Waals surface area contributed by atoms with Gasteiger partial charge in [0.2, 0.25) is 5.62 Å². The normalized spacial score (nSPS) is 12.1. The topological polar surface area (TPSA) is 30.2 Å². The summed E-state index contributed by atoms with van der Waals surface area (Å²) in [5.41, 5.74) is 1.88. The lowest BCUT2D eigenvalue weighted by Gasteiger charge is -1.97. The third kappa shape index (κ3) is 1.68. The van der Waals surface area contributed by atoms with E-state index in [1.54, 1.807) is 6.20 Å². The van der Waals surface area contributed by atoms with Crippen LogP contribution in [0.2, 0.25) is 0 Å². The molecule has 0 spiro atoms. The Morgan fingerprint density at radius 1 is 1.70 bits per heavy atom. The third-order valence-electron chi connectivity index (χ3n) is 1.07. The summed E-state index contributed by atoms with van der Waals surface area (Å²) in [4.78, 5) is 4.04. The zero-order valence-corrected chi connectivity index (χ0v) is 9.57. The molecule has 0 aliphatic rings. The standard InChI is InChI=1S/C5H5I2N3/c1-4-2-3-8-5(9-6)10(4)7/h2-3H,1H3/b9-5-. The van der Waals surface area contributed by atoms with Gasteiger partial charge in [0.15, 0.2) is 0 Å². The van der Waals surface area contributed by atoms with Crippen LogP contribution in [-0.2, 0) is 0 Å². The van der Waals surface area contributed by atoms with E-state index in [0.717, 1.165) is 11.3 Å². The van der Waals surface area contributed by atoms with Crippen molar-refractivity contribution in [2.75, 3.05) is 0 Å². The van der Waals surface area contributed by atoms with Crippen LogP contribution in [0.3, 0.4) is 0 Å². The first-order valence-corrected chi connectivity index (χ1v) is 4.54. The third-order valence-corrected chi connectivity index (χ3v) is 2.69. The Morgan fingerprint density at radius 2 is 2.40 bits per heavy atom. The van der Waals surface area contributed by atoms with E-state index in [-0.39, 0.29) is 0 Å². The van der Waals surface area contributed by atoms with Gasteiger partial charge >= 0.3 is 0 Å². The molecule has 54 valence electrons. The monoisotopic (exact) mass is 361 g/mol. The van der Waals surface area contributed by atoms with E-state index in [1.165, 1.54) is 0 Å². The number of hydrogen-bond acceptors (Lipinski definition) is 2. The molecule has 0 aliphatic carbocycles. The summed E-state index contributed by atoms with van der Waals surface area (Å²) in [5, 5.41) is 0. The van der Waals surface area contributed by atoms with Crippen molar-refractivity contribution in [1.82, 2.24) is 7.76 Å². The first-order chi connectivity index (χ1) is 4.75. The highest BCUT2D eigenvalue weighted by molar-refractivity contribution is 14.1. The molecule has 0 amide bonds. The molecule has 1 aromatic heterocycles. The maximum atomic E-state index is 4.04. The minimum Gasteiger partial charge on any atom is -0.255 e. The van der Waals surface area contributed by atoms with Crippen molar-refractivity contribution in [3.63, 3.8) is 0 Å². The lowest BCUT2D eigenvalue weighted by Crippen LogP contribution is -2.17. The van der Waals surface area contributed by atoms with Crippen LogP contribution < -0.4 is 5.62 Å². The number of hydrogen-bond donors (Lipinski definition) is 0. The molecule has 1 heterocycles. The number of aryl methyl sites for hydroxylation is 1. The van der Waals surface area contributed by atoms with E-state index in [9.17, 15) is 0 Å². The van der Waals surface area contributed by atoms with Crippen molar-refractivity contribution in [1.29, 1.82) is 0 Å². The van der Waals surface area contributed by atoms with E-state index in [4.69, 9.17) is 0 Å². The molecule has 0 radical (unpaired) electrons. The van der Waals surface area contributed by atoms with E-state index >= 15 is 0 Å². The van der Waals surface area contributed by atoms with Gasteiger partial charge < -0.3 is 0 Å². The molecule has 0 unspecified atom stereocenters. The van der Waals surface area contributed by atoms with Crippen LogP contribution in [0.4, 0.5) is 0 Å². The highest BCUT2D eigenvalue weighted by Gasteiger charge is 1.91. The van der Waals surface area contributed by atoms with Crippen LogP contribution in [-0.4, -0.2) is 7.76 Å². The smallest absolute Gasteiger partial charge is 0.244 e. The van der Waals surface area contributed by atoms with Crippen molar-refractivity contribution in [3.05, 3.63) is 23.6 Å². The fourth-order valence-corrected chi connectivity index (χ4v) is 1.69. The minimum atomic E-state index is 0.737. The summed E-state index contributed by atoms with van der Waals surface area (Å²) in [6.45, 7) is 2.01. The molecule has 0 aromatic carbocycles. The fourth-order valence-electron chi connectivity index (χ4n) is 0.541. The number of nitrogens with zero attached hydrogens (tertiary/aromatic N) is 3. The molecule has 10 heavy (non-hydrogen) atoms. The Kier molecular flexibility index (Phi) is 3.08. The molecule has 1 aromatic rings. The van der Waals surface area contributed by atoms with Gasteiger partial charge in [0, 0.05) is 11.9 Å². The summed E-state index contributed by atoms with van der Waals surface area (Å²) < 4.78 is 5.85. The lowest BCUT2D eigenvalue weighted by atomic mass is 10.5. The molecule has 0 aliphatic heterocycles. The average molecular weight is 361 g/mol. The van der Waals surface area contributed by atoms with Crippen molar-refractivity contribution in [2.24, 2.45) is 3.21 Å². The van der Waals surface area contributed by atoms with Gasteiger partial charge in [0.05, 0.1) is 45.7 Å². The predicted molar refractivity (Wildman–Crippen MR) is 56.0 cm³/mol. The zero-order chi connectivity index (χ0) is 7.56. The highest BCUT2D eigenvalue weighted by atomic mass is 127. The zero-order valence-electron chi connectivity index (χ0n) is 5.25. The molecule has 5 heteroatoms. The second kappa shape index (κ2) is 3.65. The second-order valence-electron chi connectivity index (χ2n) is 1.75. The summed E-state index contributed by atoms with van der Waals surface area (Å²) in [7, 11) is 0. The maximum absolute atomic E-state index is 4.04. The molecule has 0 saturated carbocycles. The molecule has 0 atom stereocenters. The van der Waals surface area contributed by atoms with Crippen LogP contribution in [0.1, 0.15) is 5.69 Å².